The molecule has 3 aromatic rings. The Morgan fingerprint density at radius 3 is 2.65 bits per heavy atom. The highest BCUT2D eigenvalue weighted by Crippen LogP contribution is 2.31. The monoisotopic (exact) mass is 389 g/mol. The molecule has 1 heterocycles. The van der Waals surface area contributed by atoms with Crippen molar-refractivity contribution in [2.45, 2.75) is 10.9 Å². The van der Waals surface area contributed by atoms with Crippen LogP contribution in [0, 0.1) is 0 Å². The van der Waals surface area contributed by atoms with Crippen molar-refractivity contribution >= 4 is 29.3 Å². The lowest BCUT2D eigenvalue weighted by Crippen LogP contribution is -2.00. The molecule has 0 radical (unpaired) electrons. The number of thioether (sulfide) groups is 1. The normalized spacial score (nSPS) is 10.6. The lowest BCUT2D eigenvalue weighted by atomic mass is 10.1. The first-order valence-corrected chi connectivity index (χ1v) is 9.03. The number of hydrogen-bond donors (Lipinski definition) is 1. The molecule has 2 aromatic carbocycles. The summed E-state index contributed by atoms with van der Waals surface area (Å²) in [5.41, 5.74) is 2.32. The summed E-state index contributed by atoms with van der Waals surface area (Å²) < 4.78 is 10.0. The fourth-order valence-electron chi connectivity index (χ4n) is 2.30. The van der Waals surface area contributed by atoms with Crippen molar-refractivity contribution in [2.24, 2.45) is 0 Å². The second-order valence-electron chi connectivity index (χ2n) is 5.29. The van der Waals surface area contributed by atoms with E-state index in [1.165, 1.54) is 18.9 Å². The maximum Gasteiger partial charge on any atom is 0.337 e. The summed E-state index contributed by atoms with van der Waals surface area (Å²) in [6.45, 7) is 0. The van der Waals surface area contributed by atoms with Gasteiger partial charge in [0.1, 0.15) is 5.75 Å². The molecule has 8 heteroatoms. The molecule has 1 N–H and O–H groups in total. The van der Waals surface area contributed by atoms with Crippen LogP contribution in [0.25, 0.3) is 11.4 Å². The minimum absolute atomic E-state index is 0.349. The van der Waals surface area contributed by atoms with Gasteiger partial charge in [-0.05, 0) is 35.9 Å². The van der Waals surface area contributed by atoms with E-state index in [1.807, 2.05) is 12.1 Å². The molecular weight excluding hydrogens is 374 g/mol. The molecule has 0 amide bonds. The van der Waals surface area contributed by atoms with Gasteiger partial charge < -0.3 is 9.47 Å². The van der Waals surface area contributed by atoms with Gasteiger partial charge in [-0.1, -0.05) is 35.5 Å². The average Bonchev–Trinajstić information content (AvgIpc) is 3.15. The van der Waals surface area contributed by atoms with E-state index in [1.54, 1.807) is 37.4 Å². The SMILES string of the molecule is COC(=O)c1ccc(CSc2n[nH]c(-c3cc(Cl)ccc3OC)n2)cc1. The second-order valence-corrected chi connectivity index (χ2v) is 6.67. The minimum Gasteiger partial charge on any atom is -0.496 e. The number of H-pyrrole nitrogens is 1. The predicted molar refractivity (Wildman–Crippen MR) is 101 cm³/mol. The highest BCUT2D eigenvalue weighted by atomic mass is 35.5. The van der Waals surface area contributed by atoms with Crippen LogP contribution in [0.4, 0.5) is 0 Å². The van der Waals surface area contributed by atoms with E-state index in [4.69, 9.17) is 16.3 Å². The third kappa shape index (κ3) is 4.17. The first kappa shape index (κ1) is 18.3. The topological polar surface area (TPSA) is 77.1 Å². The Bertz CT molecular complexity index is 912. The molecule has 0 saturated heterocycles. The number of carbonyl (C=O) groups excluding carboxylic acids is 1. The summed E-state index contributed by atoms with van der Waals surface area (Å²) in [6, 6.07) is 12.6. The summed E-state index contributed by atoms with van der Waals surface area (Å²) in [5, 5.41) is 8.34. The highest BCUT2D eigenvalue weighted by Gasteiger charge is 2.12. The van der Waals surface area contributed by atoms with Gasteiger partial charge in [0.15, 0.2) is 5.82 Å². The average molecular weight is 390 g/mol. The van der Waals surface area contributed by atoms with Crippen LogP contribution in [0.1, 0.15) is 15.9 Å². The van der Waals surface area contributed by atoms with Gasteiger partial charge in [-0.25, -0.2) is 9.78 Å². The number of halogens is 1. The van der Waals surface area contributed by atoms with E-state index in [0.717, 1.165) is 11.1 Å². The predicted octanol–water partition coefficient (Wildman–Crippen LogP) is 4.21. The molecule has 3 rings (SSSR count). The Hall–Kier alpha value is -2.51. The number of rotatable bonds is 6. The Morgan fingerprint density at radius 1 is 1.19 bits per heavy atom. The molecule has 26 heavy (non-hydrogen) atoms. The van der Waals surface area contributed by atoms with Crippen LogP contribution in [0.15, 0.2) is 47.6 Å². The van der Waals surface area contributed by atoms with Crippen molar-refractivity contribution < 1.29 is 14.3 Å². The molecule has 0 aliphatic carbocycles. The van der Waals surface area contributed by atoms with Gasteiger partial charge in [0, 0.05) is 10.8 Å². The van der Waals surface area contributed by atoms with Crippen LogP contribution in [0.2, 0.25) is 5.02 Å². The molecule has 134 valence electrons. The molecule has 0 atom stereocenters. The van der Waals surface area contributed by atoms with Crippen molar-refractivity contribution in [2.75, 3.05) is 14.2 Å². The molecule has 0 spiro atoms. The number of benzene rings is 2. The molecule has 1 aromatic heterocycles. The van der Waals surface area contributed by atoms with Gasteiger partial charge in [-0.2, -0.15) is 0 Å². The molecule has 0 fully saturated rings. The Labute approximate surface area is 159 Å². The smallest absolute Gasteiger partial charge is 0.337 e. The maximum absolute atomic E-state index is 11.4. The van der Waals surface area contributed by atoms with Gasteiger partial charge in [-0.15, -0.1) is 5.10 Å². The fourth-order valence-corrected chi connectivity index (χ4v) is 3.23. The summed E-state index contributed by atoms with van der Waals surface area (Å²) in [7, 11) is 2.96. The summed E-state index contributed by atoms with van der Waals surface area (Å²) >= 11 is 7.54. The number of hydrogen-bond acceptors (Lipinski definition) is 6. The lowest BCUT2D eigenvalue weighted by molar-refractivity contribution is 0.0600. The van der Waals surface area contributed by atoms with Crippen LogP contribution in [0.5, 0.6) is 5.75 Å². The highest BCUT2D eigenvalue weighted by molar-refractivity contribution is 7.98. The van der Waals surface area contributed by atoms with Crippen molar-refractivity contribution in [3.63, 3.8) is 0 Å². The Morgan fingerprint density at radius 2 is 1.96 bits per heavy atom. The van der Waals surface area contributed by atoms with E-state index in [2.05, 4.69) is 19.9 Å². The zero-order valence-electron chi connectivity index (χ0n) is 14.2. The number of ether oxygens (including phenoxy) is 2. The van der Waals surface area contributed by atoms with E-state index in [0.29, 0.717) is 33.1 Å². The number of nitrogens with one attached hydrogen (secondary N) is 1. The fraction of sp³-hybridized carbons (Fsp3) is 0.167. The number of methoxy groups -OCH3 is 2. The van der Waals surface area contributed by atoms with Crippen LogP contribution >= 0.6 is 23.4 Å². The van der Waals surface area contributed by atoms with E-state index < -0.39 is 0 Å². The standard InChI is InChI=1S/C18H16ClN3O3S/c1-24-15-8-7-13(19)9-14(15)16-20-18(22-21-16)26-10-11-3-5-12(6-4-11)17(23)25-2/h3-9H,10H2,1-2H3,(H,20,21,22). The van der Waals surface area contributed by atoms with Crippen LogP contribution in [-0.4, -0.2) is 35.4 Å². The van der Waals surface area contributed by atoms with Gasteiger partial charge in [0.2, 0.25) is 5.16 Å². The Balaban J connectivity index is 1.69. The third-order valence-corrected chi connectivity index (χ3v) is 4.78. The first-order chi connectivity index (χ1) is 12.6. The van der Waals surface area contributed by atoms with Crippen LogP contribution in [0.3, 0.4) is 0 Å². The molecule has 6 nitrogen and oxygen atoms in total. The van der Waals surface area contributed by atoms with Gasteiger partial charge in [-0.3, -0.25) is 5.10 Å². The number of nitrogens with zero attached hydrogens (tertiary/aromatic N) is 2. The van der Waals surface area contributed by atoms with Crippen molar-refractivity contribution in [3.8, 4) is 17.1 Å². The molecule has 0 bridgehead atoms. The quantitative estimate of drug-likeness (QED) is 0.502. The van der Waals surface area contributed by atoms with E-state index >= 15 is 0 Å². The summed E-state index contributed by atoms with van der Waals surface area (Å²) in [5.74, 6) is 1.58. The maximum atomic E-state index is 11.4. The molecule has 0 unspecified atom stereocenters. The number of aromatic nitrogens is 3. The zero-order chi connectivity index (χ0) is 18.5. The number of carbonyl (C=O) groups is 1. The van der Waals surface area contributed by atoms with Crippen LogP contribution in [-0.2, 0) is 10.5 Å². The Kier molecular flexibility index (Phi) is 5.80. The molecule has 0 saturated carbocycles. The van der Waals surface area contributed by atoms with Crippen molar-refractivity contribution in [1.82, 2.24) is 15.2 Å². The number of esters is 1. The number of aromatic amines is 1. The second kappa shape index (κ2) is 8.25. The first-order valence-electron chi connectivity index (χ1n) is 7.67. The zero-order valence-corrected chi connectivity index (χ0v) is 15.7. The lowest BCUT2D eigenvalue weighted by Gasteiger charge is -2.05. The van der Waals surface area contributed by atoms with E-state index in [9.17, 15) is 4.79 Å². The third-order valence-electron chi connectivity index (χ3n) is 3.62. The molecule has 0 aliphatic heterocycles. The van der Waals surface area contributed by atoms with E-state index in [-0.39, 0.29) is 5.97 Å². The summed E-state index contributed by atoms with van der Waals surface area (Å²) in [6.07, 6.45) is 0. The largest absolute Gasteiger partial charge is 0.496 e. The van der Waals surface area contributed by atoms with Crippen molar-refractivity contribution in [1.29, 1.82) is 0 Å². The van der Waals surface area contributed by atoms with Gasteiger partial charge in [0.25, 0.3) is 0 Å². The summed E-state index contributed by atoms with van der Waals surface area (Å²) in [4.78, 5) is 15.9. The molecule has 0 aliphatic rings. The minimum atomic E-state index is -0.349. The van der Waals surface area contributed by atoms with Gasteiger partial charge in [0.05, 0.1) is 25.3 Å². The van der Waals surface area contributed by atoms with Crippen molar-refractivity contribution in [3.05, 3.63) is 58.6 Å². The molecular formula is C18H16ClN3O3S. The van der Waals surface area contributed by atoms with Gasteiger partial charge >= 0.3 is 5.97 Å². The van der Waals surface area contributed by atoms with Crippen LogP contribution < -0.4 is 4.74 Å².